The van der Waals surface area contributed by atoms with Gasteiger partial charge in [0.2, 0.25) is 5.91 Å². The van der Waals surface area contributed by atoms with Crippen LogP contribution in [0.4, 0.5) is 0 Å². The summed E-state index contributed by atoms with van der Waals surface area (Å²) in [7, 11) is -3.00. The molecule has 0 aromatic heterocycles. The highest BCUT2D eigenvalue weighted by molar-refractivity contribution is 7.91. The summed E-state index contributed by atoms with van der Waals surface area (Å²) in [5, 5.41) is 5.87. The maximum atomic E-state index is 11.8. The average Bonchev–Trinajstić information content (AvgIpc) is 2.26. The molecule has 0 aromatic carbocycles. The SMILES string of the molecule is C#CCC(CC)NC(=O)CC1CS(=O)(=O)CCN1. The van der Waals surface area contributed by atoms with Gasteiger partial charge in [-0.25, -0.2) is 8.42 Å². The van der Waals surface area contributed by atoms with Gasteiger partial charge in [-0.1, -0.05) is 6.92 Å². The lowest BCUT2D eigenvalue weighted by molar-refractivity contribution is -0.122. The molecule has 1 heterocycles. The summed E-state index contributed by atoms with van der Waals surface area (Å²) in [5.74, 6) is 2.55. The highest BCUT2D eigenvalue weighted by Gasteiger charge is 2.26. The minimum Gasteiger partial charge on any atom is -0.352 e. The van der Waals surface area contributed by atoms with Crippen LogP contribution in [-0.2, 0) is 14.6 Å². The van der Waals surface area contributed by atoms with Gasteiger partial charge >= 0.3 is 0 Å². The minimum absolute atomic E-state index is 0.0253. The molecular weight excluding hydrogens is 252 g/mol. The fourth-order valence-electron chi connectivity index (χ4n) is 1.95. The van der Waals surface area contributed by atoms with Crippen molar-refractivity contribution in [1.29, 1.82) is 0 Å². The molecular formula is C12H20N2O3S. The van der Waals surface area contributed by atoms with Gasteiger partial charge in [0, 0.05) is 31.5 Å². The normalized spacial score (nSPS) is 23.9. The van der Waals surface area contributed by atoms with E-state index in [0.29, 0.717) is 13.0 Å². The van der Waals surface area contributed by atoms with Crippen LogP contribution < -0.4 is 10.6 Å². The van der Waals surface area contributed by atoms with Crippen LogP contribution in [0.25, 0.3) is 0 Å². The van der Waals surface area contributed by atoms with Crippen LogP contribution >= 0.6 is 0 Å². The van der Waals surface area contributed by atoms with Crippen molar-refractivity contribution < 1.29 is 13.2 Å². The molecule has 0 radical (unpaired) electrons. The van der Waals surface area contributed by atoms with Crippen LogP contribution in [0.15, 0.2) is 0 Å². The predicted molar refractivity (Wildman–Crippen MR) is 70.7 cm³/mol. The van der Waals surface area contributed by atoms with Crippen molar-refractivity contribution in [2.24, 2.45) is 0 Å². The van der Waals surface area contributed by atoms with E-state index in [2.05, 4.69) is 16.6 Å². The summed E-state index contributed by atoms with van der Waals surface area (Å²) < 4.78 is 22.9. The summed E-state index contributed by atoms with van der Waals surface area (Å²) in [6, 6.07) is -0.310. The largest absolute Gasteiger partial charge is 0.352 e. The molecule has 2 unspecified atom stereocenters. The van der Waals surface area contributed by atoms with Gasteiger partial charge < -0.3 is 10.6 Å². The van der Waals surface area contributed by atoms with Crippen molar-refractivity contribution in [2.75, 3.05) is 18.1 Å². The third-order valence-electron chi connectivity index (χ3n) is 2.96. The first-order chi connectivity index (χ1) is 8.46. The fraction of sp³-hybridized carbons (Fsp3) is 0.750. The van der Waals surface area contributed by atoms with Crippen molar-refractivity contribution in [2.45, 2.75) is 38.3 Å². The number of rotatable bonds is 5. The van der Waals surface area contributed by atoms with Crippen molar-refractivity contribution in [3.05, 3.63) is 0 Å². The van der Waals surface area contributed by atoms with E-state index in [4.69, 9.17) is 6.42 Å². The standard InChI is InChI=1S/C12H20N2O3S/c1-3-5-10(4-2)14-12(15)8-11-9-18(16,17)7-6-13-11/h1,10-11,13H,4-9H2,2H3,(H,14,15). The van der Waals surface area contributed by atoms with Gasteiger partial charge in [-0.15, -0.1) is 12.3 Å². The highest BCUT2D eigenvalue weighted by atomic mass is 32.2. The van der Waals surface area contributed by atoms with E-state index in [9.17, 15) is 13.2 Å². The number of hydrogen-bond donors (Lipinski definition) is 2. The van der Waals surface area contributed by atoms with Gasteiger partial charge in [-0.3, -0.25) is 4.79 Å². The molecule has 1 rings (SSSR count). The zero-order chi connectivity index (χ0) is 13.6. The summed E-state index contributed by atoms with van der Waals surface area (Å²) >= 11 is 0. The van der Waals surface area contributed by atoms with E-state index in [-0.39, 0.29) is 35.9 Å². The molecule has 1 saturated heterocycles. The number of carbonyl (C=O) groups excluding carboxylic acids is 1. The second kappa shape index (κ2) is 6.76. The lowest BCUT2D eigenvalue weighted by Crippen LogP contribution is -2.48. The molecule has 1 aliphatic heterocycles. The first-order valence-corrected chi connectivity index (χ1v) is 7.95. The van der Waals surface area contributed by atoms with E-state index in [1.54, 1.807) is 0 Å². The number of terminal acetylenes is 1. The second-order valence-electron chi connectivity index (χ2n) is 4.55. The van der Waals surface area contributed by atoms with Crippen LogP contribution in [-0.4, -0.2) is 44.5 Å². The summed E-state index contributed by atoms with van der Waals surface area (Å²) in [4.78, 5) is 11.8. The Hall–Kier alpha value is -1.06. The van der Waals surface area contributed by atoms with E-state index >= 15 is 0 Å². The zero-order valence-corrected chi connectivity index (χ0v) is 11.4. The van der Waals surface area contributed by atoms with Crippen LogP contribution in [0.2, 0.25) is 0 Å². The second-order valence-corrected chi connectivity index (χ2v) is 6.78. The Morgan fingerprint density at radius 2 is 2.33 bits per heavy atom. The minimum atomic E-state index is -3.00. The molecule has 5 nitrogen and oxygen atoms in total. The van der Waals surface area contributed by atoms with Gasteiger partial charge in [0.1, 0.15) is 0 Å². The molecule has 1 fully saturated rings. The van der Waals surface area contributed by atoms with Gasteiger partial charge in [0.15, 0.2) is 9.84 Å². The van der Waals surface area contributed by atoms with Gasteiger partial charge in [-0.2, -0.15) is 0 Å². The fourth-order valence-corrected chi connectivity index (χ4v) is 3.39. The molecule has 102 valence electrons. The van der Waals surface area contributed by atoms with E-state index in [0.717, 1.165) is 6.42 Å². The maximum Gasteiger partial charge on any atom is 0.221 e. The number of nitrogens with one attached hydrogen (secondary N) is 2. The molecule has 0 spiro atoms. The van der Waals surface area contributed by atoms with Crippen LogP contribution in [0.5, 0.6) is 0 Å². The molecule has 0 bridgehead atoms. The number of carbonyl (C=O) groups is 1. The molecule has 0 aromatic rings. The van der Waals surface area contributed by atoms with Gasteiger partial charge in [-0.05, 0) is 6.42 Å². The molecule has 0 aliphatic carbocycles. The summed E-state index contributed by atoms with van der Waals surface area (Å²) in [6.07, 6.45) is 6.66. The molecule has 1 aliphatic rings. The molecule has 2 atom stereocenters. The van der Waals surface area contributed by atoms with Gasteiger partial charge in [0.25, 0.3) is 0 Å². The Bertz CT molecular complexity index is 425. The van der Waals surface area contributed by atoms with Crippen molar-refractivity contribution >= 4 is 15.7 Å². The van der Waals surface area contributed by atoms with Crippen LogP contribution in [0, 0.1) is 12.3 Å². The summed E-state index contributed by atoms with van der Waals surface area (Å²) in [5.41, 5.74) is 0. The lowest BCUT2D eigenvalue weighted by atomic mass is 10.1. The molecule has 1 amide bonds. The average molecular weight is 272 g/mol. The Balaban J connectivity index is 2.42. The van der Waals surface area contributed by atoms with E-state index < -0.39 is 9.84 Å². The Morgan fingerprint density at radius 1 is 1.61 bits per heavy atom. The van der Waals surface area contributed by atoms with Gasteiger partial charge in [0.05, 0.1) is 11.5 Å². The Labute approximate surface area is 109 Å². The van der Waals surface area contributed by atoms with E-state index in [1.807, 2.05) is 6.92 Å². The molecule has 6 heteroatoms. The highest BCUT2D eigenvalue weighted by Crippen LogP contribution is 2.06. The predicted octanol–water partition coefficient (Wildman–Crippen LogP) is -0.319. The third kappa shape index (κ3) is 5.07. The van der Waals surface area contributed by atoms with E-state index in [1.165, 1.54) is 0 Å². The smallest absolute Gasteiger partial charge is 0.221 e. The topological polar surface area (TPSA) is 75.3 Å². The summed E-state index contributed by atoms with van der Waals surface area (Å²) in [6.45, 7) is 2.37. The maximum absolute atomic E-state index is 11.8. The van der Waals surface area contributed by atoms with Crippen molar-refractivity contribution in [3.63, 3.8) is 0 Å². The van der Waals surface area contributed by atoms with Crippen molar-refractivity contribution in [1.82, 2.24) is 10.6 Å². The monoisotopic (exact) mass is 272 g/mol. The zero-order valence-electron chi connectivity index (χ0n) is 10.6. The Kier molecular flexibility index (Phi) is 5.63. The first kappa shape index (κ1) is 15.0. The number of sulfone groups is 1. The lowest BCUT2D eigenvalue weighted by Gasteiger charge is -2.24. The van der Waals surface area contributed by atoms with Crippen molar-refractivity contribution in [3.8, 4) is 12.3 Å². The number of hydrogen-bond acceptors (Lipinski definition) is 4. The van der Waals surface area contributed by atoms with Crippen LogP contribution in [0.1, 0.15) is 26.2 Å². The molecule has 18 heavy (non-hydrogen) atoms. The number of amides is 1. The molecule has 0 saturated carbocycles. The van der Waals surface area contributed by atoms with Crippen LogP contribution in [0.3, 0.4) is 0 Å². The first-order valence-electron chi connectivity index (χ1n) is 6.13. The molecule has 2 N–H and O–H groups in total. The Morgan fingerprint density at radius 3 is 2.89 bits per heavy atom. The quantitative estimate of drug-likeness (QED) is 0.673. The third-order valence-corrected chi connectivity index (χ3v) is 4.69.